The minimum Gasteiger partial charge on any atom is -0.442 e. The fourth-order valence-corrected chi connectivity index (χ4v) is 6.14. The van der Waals surface area contributed by atoms with E-state index < -0.39 is 11.6 Å². The van der Waals surface area contributed by atoms with Gasteiger partial charge in [-0.25, -0.2) is 9.63 Å². The fourth-order valence-electron chi connectivity index (χ4n) is 6.14. The lowest BCUT2D eigenvalue weighted by Crippen LogP contribution is -2.40. The van der Waals surface area contributed by atoms with Crippen molar-refractivity contribution < 1.29 is 29.6 Å². The summed E-state index contributed by atoms with van der Waals surface area (Å²) in [6.45, 7) is 2.49. The Kier molecular flexibility index (Phi) is 9.78. The third kappa shape index (κ3) is 7.28. The van der Waals surface area contributed by atoms with Crippen molar-refractivity contribution >= 4 is 17.8 Å². The largest absolute Gasteiger partial charge is 0.454 e. The van der Waals surface area contributed by atoms with Gasteiger partial charge in [-0.05, 0) is 52.3 Å². The molecule has 47 heavy (non-hydrogen) atoms. The molecular weight excluding hydrogens is 602 g/mol. The number of hydrogen-bond donors (Lipinski definition) is 2. The highest BCUT2D eigenvalue weighted by Crippen LogP contribution is 2.40. The molecule has 0 radical (unpaired) electrons. The summed E-state index contributed by atoms with van der Waals surface area (Å²) in [6, 6.07) is 22.6. The molecule has 1 aromatic heterocycles. The van der Waals surface area contributed by atoms with Gasteiger partial charge in [-0.3, -0.25) is 25.1 Å². The van der Waals surface area contributed by atoms with Gasteiger partial charge in [0.15, 0.2) is 0 Å². The molecule has 0 unspecified atom stereocenters. The zero-order chi connectivity index (χ0) is 32.8. The van der Waals surface area contributed by atoms with Crippen LogP contribution in [0.25, 0.3) is 22.5 Å². The lowest BCUT2D eigenvalue weighted by atomic mass is 9.97. The van der Waals surface area contributed by atoms with Crippen LogP contribution in [0.5, 0.6) is 0 Å². The Bertz CT molecular complexity index is 1750. The van der Waals surface area contributed by atoms with Crippen LogP contribution in [0.2, 0.25) is 0 Å². The zero-order valence-electron chi connectivity index (χ0n) is 26.2. The van der Waals surface area contributed by atoms with E-state index in [0.29, 0.717) is 23.2 Å². The summed E-state index contributed by atoms with van der Waals surface area (Å²) < 4.78 is 5.37. The molecule has 2 heterocycles. The molecule has 13 nitrogen and oxygen atoms in total. The van der Waals surface area contributed by atoms with Gasteiger partial charge in [0.05, 0.1) is 18.5 Å². The molecule has 3 aromatic carbocycles. The standard InChI is InChI=1S/C34H37N7O6/c1-2-3-13-30-35-34(18-6-7-19-34)32(42)39(30)21-24-14-16-27(17-15-24)28-11-4-5-12-29(28)31-36-38-40(37-31)33(43)46-22-25-9-8-10-26(20-25)23-47-41(44)45/h4-5,8-12,14-17,20,44-45H,2-3,6-7,13,18-19,21-23H2,1H3. The molecule has 4 aromatic rings. The van der Waals surface area contributed by atoms with Crippen molar-refractivity contribution in [3.8, 4) is 22.5 Å². The maximum Gasteiger partial charge on any atom is 0.454 e. The third-order valence-electron chi connectivity index (χ3n) is 8.53. The van der Waals surface area contributed by atoms with Gasteiger partial charge < -0.3 is 4.74 Å². The second-order valence-corrected chi connectivity index (χ2v) is 11.8. The number of amides is 1. The lowest BCUT2D eigenvalue weighted by molar-refractivity contribution is -0.497. The predicted molar refractivity (Wildman–Crippen MR) is 170 cm³/mol. The summed E-state index contributed by atoms with van der Waals surface area (Å²) in [4.78, 5) is 38.6. The van der Waals surface area contributed by atoms with Gasteiger partial charge >= 0.3 is 6.09 Å². The number of amidine groups is 1. The molecule has 1 aliphatic heterocycles. The molecular formula is C34H37N7O6. The van der Waals surface area contributed by atoms with E-state index in [1.807, 2.05) is 53.4 Å². The summed E-state index contributed by atoms with van der Waals surface area (Å²) in [5.74, 6) is 1.32. The summed E-state index contributed by atoms with van der Waals surface area (Å²) in [6.07, 6.45) is 5.84. The number of benzene rings is 3. The zero-order valence-corrected chi connectivity index (χ0v) is 26.2. The van der Waals surface area contributed by atoms with Gasteiger partial charge in [0, 0.05) is 12.0 Å². The Labute approximate surface area is 271 Å². The van der Waals surface area contributed by atoms with Gasteiger partial charge in [-0.2, -0.15) is 0 Å². The highest BCUT2D eigenvalue weighted by molar-refractivity contribution is 6.08. The highest BCUT2D eigenvalue weighted by atomic mass is 17.1. The molecule has 2 N–H and O–H groups in total. The molecule has 1 fully saturated rings. The van der Waals surface area contributed by atoms with Crippen molar-refractivity contribution in [3.63, 3.8) is 0 Å². The van der Waals surface area contributed by atoms with Crippen molar-refractivity contribution in [1.82, 2.24) is 30.5 Å². The van der Waals surface area contributed by atoms with Crippen molar-refractivity contribution in [2.24, 2.45) is 4.99 Å². The van der Waals surface area contributed by atoms with Crippen LogP contribution < -0.4 is 0 Å². The summed E-state index contributed by atoms with van der Waals surface area (Å²) >= 11 is 0. The first-order valence-corrected chi connectivity index (χ1v) is 15.8. The van der Waals surface area contributed by atoms with Crippen LogP contribution in [-0.4, -0.2) is 64.3 Å². The molecule has 1 spiro atoms. The first-order chi connectivity index (χ1) is 22.8. The maximum atomic E-state index is 13.6. The van der Waals surface area contributed by atoms with Crippen molar-refractivity contribution in [2.45, 2.75) is 77.2 Å². The number of aliphatic imine (C=N–C) groups is 1. The van der Waals surface area contributed by atoms with Gasteiger partial charge in [0.25, 0.3) is 5.91 Å². The predicted octanol–water partition coefficient (Wildman–Crippen LogP) is 5.95. The smallest absolute Gasteiger partial charge is 0.442 e. The molecule has 0 saturated heterocycles. The van der Waals surface area contributed by atoms with Gasteiger partial charge in [-0.15, -0.1) is 10.2 Å². The maximum absolute atomic E-state index is 13.6. The lowest BCUT2D eigenvalue weighted by Gasteiger charge is -2.23. The molecule has 0 atom stereocenters. The van der Waals surface area contributed by atoms with E-state index in [-0.39, 0.29) is 30.3 Å². The van der Waals surface area contributed by atoms with E-state index in [1.54, 1.807) is 24.3 Å². The van der Waals surface area contributed by atoms with E-state index >= 15 is 0 Å². The number of unbranched alkanes of at least 4 members (excludes halogenated alkanes) is 1. The monoisotopic (exact) mass is 639 g/mol. The highest BCUT2D eigenvalue weighted by Gasteiger charge is 2.49. The molecule has 1 saturated carbocycles. The first kappa shape index (κ1) is 32.1. The van der Waals surface area contributed by atoms with Crippen molar-refractivity contribution in [1.29, 1.82) is 0 Å². The molecule has 2 aliphatic rings. The van der Waals surface area contributed by atoms with Crippen molar-refractivity contribution in [2.75, 3.05) is 0 Å². The van der Waals surface area contributed by atoms with Crippen LogP contribution in [0.3, 0.4) is 0 Å². The molecule has 0 bridgehead atoms. The Balaban J connectivity index is 1.13. The van der Waals surface area contributed by atoms with Crippen LogP contribution in [0.15, 0.2) is 77.8 Å². The van der Waals surface area contributed by atoms with E-state index in [0.717, 1.165) is 72.3 Å². The second-order valence-electron chi connectivity index (χ2n) is 11.8. The number of carbonyl (C=O) groups excluding carboxylic acids is 2. The second kappa shape index (κ2) is 14.3. The van der Waals surface area contributed by atoms with E-state index in [2.05, 4.69) is 27.2 Å². The van der Waals surface area contributed by atoms with Gasteiger partial charge in [0.1, 0.15) is 18.0 Å². The van der Waals surface area contributed by atoms with E-state index in [1.165, 1.54) is 0 Å². The summed E-state index contributed by atoms with van der Waals surface area (Å²) in [7, 11) is 0. The average molecular weight is 640 g/mol. The molecule has 1 amide bonds. The topological polar surface area (TPSA) is 156 Å². The number of aromatic nitrogens is 4. The van der Waals surface area contributed by atoms with Gasteiger partial charge in [0.2, 0.25) is 5.82 Å². The average Bonchev–Trinajstić information content (AvgIpc) is 3.84. The number of rotatable bonds is 12. The van der Waals surface area contributed by atoms with Crippen LogP contribution in [0.1, 0.15) is 68.6 Å². The first-order valence-electron chi connectivity index (χ1n) is 15.8. The quantitative estimate of drug-likeness (QED) is 0.178. The Morgan fingerprint density at radius 2 is 1.66 bits per heavy atom. The normalized spacial score (nSPS) is 15.5. The number of nitrogens with zero attached hydrogens (tertiary/aromatic N) is 7. The van der Waals surface area contributed by atoms with Crippen molar-refractivity contribution in [3.05, 3.63) is 89.5 Å². The number of hydrogen-bond acceptors (Lipinski definition) is 11. The SMILES string of the molecule is CCCCC1=NC2(CCCC2)C(=O)N1Cc1ccc(-c2ccccc2-c2nnn(C(=O)OCc3cccc(CON(O)O)c3)n2)cc1. The molecule has 6 rings (SSSR count). The number of carbonyl (C=O) groups is 2. The fraction of sp³-hybridized carbons (Fsp3) is 0.353. The van der Waals surface area contributed by atoms with Gasteiger partial charge in [-0.1, -0.05) is 104 Å². The summed E-state index contributed by atoms with van der Waals surface area (Å²) in [5.41, 5.74) is 4.26. The van der Waals surface area contributed by atoms with E-state index in [9.17, 15) is 9.59 Å². The molecule has 244 valence electrons. The minimum atomic E-state index is -0.804. The van der Waals surface area contributed by atoms with E-state index in [4.69, 9.17) is 20.1 Å². The number of ether oxygens (including phenoxy) is 1. The van der Waals surface area contributed by atoms with Crippen LogP contribution in [0.4, 0.5) is 4.79 Å². The third-order valence-corrected chi connectivity index (χ3v) is 8.53. The molecule has 1 aliphatic carbocycles. The van der Waals surface area contributed by atoms with Crippen LogP contribution in [0, 0.1) is 0 Å². The van der Waals surface area contributed by atoms with Crippen LogP contribution in [-0.2, 0) is 34.1 Å². The Hall–Kier alpha value is -4.82. The Morgan fingerprint density at radius 3 is 2.38 bits per heavy atom. The molecule has 13 heteroatoms. The van der Waals surface area contributed by atoms with Crippen LogP contribution >= 0.6 is 0 Å². The minimum absolute atomic E-state index is 0.0651. The number of tetrazole rings is 1. The Morgan fingerprint density at radius 1 is 0.936 bits per heavy atom. The summed E-state index contributed by atoms with van der Waals surface area (Å²) in [5, 5.41) is 29.4.